The van der Waals surface area contributed by atoms with Gasteiger partial charge in [0.2, 0.25) is 0 Å². The molecule has 0 fully saturated rings. The lowest BCUT2D eigenvalue weighted by Gasteiger charge is -2.18. The monoisotopic (exact) mass is 1760 g/mol. The second-order valence-electron chi connectivity index (χ2n) is 34.3. The molecular formula is C128H82N10. The lowest BCUT2D eigenvalue weighted by atomic mass is 9.85. The van der Waals surface area contributed by atoms with Crippen LogP contribution in [0.4, 0.5) is 0 Å². The third-order valence-corrected chi connectivity index (χ3v) is 26.1. The van der Waals surface area contributed by atoms with E-state index in [0.717, 1.165) is 162 Å². The third kappa shape index (κ3) is 15.7. The minimum absolute atomic E-state index is 0.870. The fourth-order valence-corrected chi connectivity index (χ4v) is 19.8. The third-order valence-electron chi connectivity index (χ3n) is 26.1. The topological polar surface area (TPSA) is 129 Å². The van der Waals surface area contributed by atoms with E-state index in [4.69, 9.17) is 34.9 Å². The van der Waals surface area contributed by atoms with Crippen LogP contribution in [0.1, 0.15) is 0 Å². The maximum absolute atomic E-state index is 5.13. The van der Waals surface area contributed by atoms with E-state index < -0.39 is 0 Å². The quantitative estimate of drug-likeness (QED) is 0.0971. The summed E-state index contributed by atoms with van der Waals surface area (Å²) in [4.78, 5) is 48.6. The van der Waals surface area contributed by atoms with Gasteiger partial charge in [-0.1, -0.05) is 406 Å². The van der Waals surface area contributed by atoms with Crippen molar-refractivity contribution in [1.82, 2.24) is 49.8 Å². The van der Waals surface area contributed by atoms with Gasteiger partial charge in [-0.25, -0.2) is 29.9 Å². The van der Waals surface area contributed by atoms with Gasteiger partial charge in [0.05, 0.1) is 79.2 Å². The second kappa shape index (κ2) is 36.5. The first-order valence-electron chi connectivity index (χ1n) is 46.4. The predicted octanol–water partition coefficient (Wildman–Crippen LogP) is 32.7. The Hall–Kier alpha value is -18.6. The minimum Gasteiger partial charge on any atom is -0.264 e. The first kappa shape index (κ1) is 82.5. The zero-order valence-corrected chi connectivity index (χ0v) is 74.8. The van der Waals surface area contributed by atoms with E-state index in [1.54, 1.807) is 12.4 Å². The van der Waals surface area contributed by atoms with Crippen LogP contribution in [0, 0.1) is 0 Å². The summed E-state index contributed by atoms with van der Waals surface area (Å²) in [5, 5.41) is 14.4. The highest BCUT2D eigenvalue weighted by molar-refractivity contribution is 6.24. The van der Waals surface area contributed by atoms with Gasteiger partial charge < -0.3 is 0 Å². The molecule has 138 heavy (non-hydrogen) atoms. The van der Waals surface area contributed by atoms with Crippen molar-refractivity contribution < 1.29 is 0 Å². The molecule has 0 saturated carbocycles. The Bertz CT molecular complexity index is 8900. The van der Waals surface area contributed by atoms with Gasteiger partial charge >= 0.3 is 0 Å². The Morgan fingerprint density at radius 2 is 0.333 bits per heavy atom. The molecule has 10 nitrogen and oxygen atoms in total. The summed E-state index contributed by atoms with van der Waals surface area (Å²) in [7, 11) is 0. The molecule has 0 amide bonds. The highest BCUT2D eigenvalue weighted by atomic mass is 14.9. The van der Waals surface area contributed by atoms with Crippen molar-refractivity contribution in [2.24, 2.45) is 0 Å². The van der Waals surface area contributed by atoms with Crippen LogP contribution in [-0.4, -0.2) is 49.8 Å². The van der Waals surface area contributed by atoms with Crippen molar-refractivity contribution in [3.05, 3.63) is 498 Å². The standard InChI is InChI=1S/2C45H29N3.C38H24N4/c1-3-13-30(14-4-1)34-27-35(29-46-28-34)43-38-19-9-7-17-36(38)42(37-18-8-10-20-39(37)43)31-23-25-33(26-24-31)45-44(32-15-5-2-6-16-32)47-40-21-11-12-22-41(40)48-45;1-2-11-33(12-3-1)44-45(48-41-19-9-8-18-40(41)47-44)34-26-24-32(25-27-34)43-38-16-6-4-14-36(38)42(37-15-5-7-17-39(37)43)31-22-20-30(21-23-31)35-13-10-28-46-29-35;1-2-10-26(11-3-1)37-38(42-33-17-9-8-16-32(33)41-37)27-20-18-25(19-21-27)35-28-12-4-6-14-30(28)36(34-24-39-22-23-40-34)31-15-7-5-13-29(31)35/h2*1-29H;1-24H. The van der Waals surface area contributed by atoms with Crippen LogP contribution in [0.15, 0.2) is 498 Å². The molecule has 0 aliphatic rings. The Morgan fingerprint density at radius 3 is 0.609 bits per heavy atom. The van der Waals surface area contributed by atoms with Crippen molar-refractivity contribution in [2.75, 3.05) is 0 Å². The largest absolute Gasteiger partial charge is 0.264 e. The molecule has 26 rings (SSSR count). The normalized spacial score (nSPS) is 11.3. The van der Waals surface area contributed by atoms with Crippen molar-refractivity contribution in [2.45, 2.75) is 0 Å². The van der Waals surface area contributed by atoms with Gasteiger partial charge in [0.1, 0.15) is 0 Å². The first-order valence-corrected chi connectivity index (χ1v) is 46.4. The average molecular weight is 1760 g/mol. The Morgan fingerprint density at radius 1 is 0.123 bits per heavy atom. The maximum atomic E-state index is 5.13. The number of rotatable bonds is 14. The fourth-order valence-electron chi connectivity index (χ4n) is 19.8. The molecule has 0 radical (unpaired) electrons. The van der Waals surface area contributed by atoms with Crippen LogP contribution in [0.2, 0.25) is 0 Å². The summed E-state index contributed by atoms with van der Waals surface area (Å²) in [6.45, 7) is 0. The van der Waals surface area contributed by atoms with Crippen molar-refractivity contribution >= 4 is 97.7 Å². The molecule has 644 valence electrons. The smallest absolute Gasteiger partial charge is 0.0973 e. The maximum Gasteiger partial charge on any atom is 0.0973 e. The number of fused-ring (bicyclic) bond motifs is 9. The van der Waals surface area contributed by atoms with Gasteiger partial charge in [-0.3, -0.25) is 19.9 Å². The van der Waals surface area contributed by atoms with E-state index in [0.29, 0.717) is 0 Å². The lowest BCUT2D eigenvalue weighted by Crippen LogP contribution is -1.96. The van der Waals surface area contributed by atoms with Gasteiger partial charge in [0.15, 0.2) is 0 Å². The SMILES string of the molecule is c1ccc(-c2cncc(-c3c4ccccc4c(-c4ccc(-c5nc6ccccc6nc5-c5ccccc5)cc4)c4ccccc34)c2)cc1.c1ccc(-c2nc3ccccc3nc2-c2ccc(-c3c4ccccc4c(-c4ccc(-c5cccnc5)cc4)c4ccccc34)cc2)cc1.c1ccc(-c2nc3ccccc3nc2-c2ccc(-c3c4ccccc4c(-c4cnccn4)c4ccccc34)cc2)cc1. The molecule has 26 aromatic rings. The van der Waals surface area contributed by atoms with Gasteiger partial charge in [-0.2, -0.15) is 0 Å². The molecule has 6 heterocycles. The molecule has 20 aromatic carbocycles. The minimum atomic E-state index is 0.870. The molecular weight excluding hydrogens is 1680 g/mol. The number of nitrogens with zero attached hydrogens (tertiary/aromatic N) is 10. The fraction of sp³-hybridized carbons (Fsp3) is 0. The molecule has 0 atom stereocenters. The molecule has 10 heteroatoms. The molecule has 0 spiro atoms. The molecule has 0 saturated heterocycles. The van der Waals surface area contributed by atoms with Gasteiger partial charge in [-0.05, 0) is 180 Å². The first-order chi connectivity index (χ1) is 68.5. The number of aromatic nitrogens is 10. The predicted molar refractivity (Wildman–Crippen MR) is 571 cm³/mol. The van der Waals surface area contributed by atoms with E-state index in [9.17, 15) is 0 Å². The van der Waals surface area contributed by atoms with Crippen LogP contribution in [0.5, 0.6) is 0 Å². The number of benzene rings is 20. The van der Waals surface area contributed by atoms with Crippen LogP contribution >= 0.6 is 0 Å². The van der Waals surface area contributed by atoms with E-state index in [-0.39, 0.29) is 0 Å². The van der Waals surface area contributed by atoms with Gasteiger partial charge in [0, 0.05) is 87.3 Å². The number of hydrogen-bond donors (Lipinski definition) is 0. The number of hydrogen-bond acceptors (Lipinski definition) is 10. The second-order valence-corrected chi connectivity index (χ2v) is 34.3. The molecule has 0 N–H and O–H groups in total. The van der Waals surface area contributed by atoms with Crippen LogP contribution in [-0.2, 0) is 0 Å². The highest BCUT2D eigenvalue weighted by Gasteiger charge is 2.25. The summed E-state index contributed by atoms with van der Waals surface area (Å²) in [6.07, 6.45) is 13.0. The molecule has 0 unspecified atom stereocenters. The van der Waals surface area contributed by atoms with Crippen LogP contribution < -0.4 is 0 Å². The van der Waals surface area contributed by atoms with Crippen molar-refractivity contribution in [3.63, 3.8) is 0 Å². The van der Waals surface area contributed by atoms with E-state index in [1.807, 2.05) is 171 Å². The Balaban J connectivity index is 0.000000113. The number of pyridine rings is 2. The average Bonchev–Trinajstić information content (AvgIpc) is 0.723. The molecule has 0 aliphatic carbocycles. The molecule has 0 aliphatic heterocycles. The van der Waals surface area contributed by atoms with Gasteiger partial charge in [-0.15, -0.1) is 0 Å². The zero-order valence-electron chi connectivity index (χ0n) is 74.8. The summed E-state index contributed by atoms with van der Waals surface area (Å²) in [5.41, 5.74) is 35.2. The van der Waals surface area contributed by atoms with Crippen LogP contribution in [0.3, 0.4) is 0 Å². The van der Waals surface area contributed by atoms with Crippen LogP contribution in [0.25, 0.3) is 254 Å². The van der Waals surface area contributed by atoms with E-state index in [1.165, 1.54) is 92.8 Å². The summed E-state index contributed by atoms with van der Waals surface area (Å²) in [5.74, 6) is 0. The Labute approximate surface area is 797 Å². The molecule has 6 aromatic heterocycles. The lowest BCUT2D eigenvalue weighted by molar-refractivity contribution is 1.21. The van der Waals surface area contributed by atoms with Gasteiger partial charge in [0.25, 0.3) is 0 Å². The zero-order chi connectivity index (χ0) is 91.6. The van der Waals surface area contributed by atoms with Crippen molar-refractivity contribution in [3.8, 4) is 157 Å². The Kier molecular flexibility index (Phi) is 21.8. The van der Waals surface area contributed by atoms with Crippen molar-refractivity contribution in [1.29, 1.82) is 0 Å². The van der Waals surface area contributed by atoms with E-state index in [2.05, 4.69) is 330 Å². The van der Waals surface area contributed by atoms with E-state index >= 15 is 0 Å². The highest BCUT2D eigenvalue weighted by Crippen LogP contribution is 2.50. The summed E-state index contributed by atoms with van der Waals surface area (Å²) < 4.78 is 0. The molecule has 0 bridgehead atoms. The number of para-hydroxylation sites is 6. The summed E-state index contributed by atoms with van der Waals surface area (Å²) >= 11 is 0. The summed E-state index contributed by atoms with van der Waals surface area (Å²) in [6, 6.07) is 159.